The van der Waals surface area contributed by atoms with Gasteiger partial charge in [0.05, 0.1) is 23.9 Å². The molecule has 1 atom stereocenters. The van der Waals surface area contributed by atoms with Crippen LogP contribution in [0.1, 0.15) is 12.1 Å². The van der Waals surface area contributed by atoms with Crippen LogP contribution in [0.5, 0.6) is 0 Å². The van der Waals surface area contributed by atoms with Crippen molar-refractivity contribution in [3.05, 3.63) is 24.0 Å². The van der Waals surface area contributed by atoms with E-state index in [2.05, 4.69) is 10.3 Å². The molecule has 5 heteroatoms. The third-order valence-corrected chi connectivity index (χ3v) is 2.64. The first-order valence-corrected chi connectivity index (χ1v) is 5.34. The highest BCUT2D eigenvalue weighted by Gasteiger charge is 2.23. The summed E-state index contributed by atoms with van der Waals surface area (Å²) in [6, 6.07) is 3.59. The summed E-state index contributed by atoms with van der Waals surface area (Å²) in [6.45, 7) is 1.48. The van der Waals surface area contributed by atoms with E-state index >= 15 is 0 Å². The lowest BCUT2D eigenvalue weighted by Gasteiger charge is -2.11. The molecule has 0 aromatic carbocycles. The molecular formula is C11H15N3O2. The van der Waals surface area contributed by atoms with Gasteiger partial charge in [-0.25, -0.2) is 0 Å². The lowest BCUT2D eigenvalue weighted by atomic mass is 10.1. The maximum absolute atomic E-state index is 11.8. The molecule has 0 spiro atoms. The highest BCUT2D eigenvalue weighted by molar-refractivity contribution is 5.93. The van der Waals surface area contributed by atoms with E-state index in [0.717, 1.165) is 6.42 Å². The molecule has 86 valence electrons. The first kappa shape index (κ1) is 11.0. The Balaban J connectivity index is 2.05. The summed E-state index contributed by atoms with van der Waals surface area (Å²) < 4.78 is 5.17. The molecule has 1 aromatic heterocycles. The van der Waals surface area contributed by atoms with Crippen LogP contribution >= 0.6 is 0 Å². The van der Waals surface area contributed by atoms with Crippen LogP contribution in [0.15, 0.2) is 18.3 Å². The molecule has 2 rings (SSSR count). The van der Waals surface area contributed by atoms with Crippen molar-refractivity contribution in [1.29, 1.82) is 0 Å². The van der Waals surface area contributed by atoms with Crippen LogP contribution in [0.3, 0.4) is 0 Å². The van der Waals surface area contributed by atoms with Gasteiger partial charge in [-0.05, 0) is 18.6 Å². The predicted octanol–water partition coefficient (Wildman–Crippen LogP) is 0.515. The van der Waals surface area contributed by atoms with Crippen LogP contribution < -0.4 is 11.1 Å². The first-order valence-electron chi connectivity index (χ1n) is 5.34. The number of aromatic nitrogens is 1. The number of hydrogen-bond donors (Lipinski definition) is 2. The summed E-state index contributed by atoms with van der Waals surface area (Å²) in [7, 11) is 0. The van der Waals surface area contributed by atoms with Crippen molar-refractivity contribution in [2.24, 2.45) is 11.7 Å². The maximum atomic E-state index is 11.8. The third-order valence-electron chi connectivity index (χ3n) is 2.64. The number of hydrogen-bond acceptors (Lipinski definition) is 4. The van der Waals surface area contributed by atoms with E-state index < -0.39 is 0 Å². The summed E-state index contributed by atoms with van der Waals surface area (Å²) in [5.74, 6) is -0.0639. The molecule has 3 N–H and O–H groups in total. The van der Waals surface area contributed by atoms with Crippen molar-refractivity contribution in [3.63, 3.8) is 0 Å². The van der Waals surface area contributed by atoms with Gasteiger partial charge < -0.3 is 15.8 Å². The monoisotopic (exact) mass is 221 g/mol. The van der Waals surface area contributed by atoms with Crippen LogP contribution in [0.25, 0.3) is 0 Å². The molecule has 1 aliphatic rings. The summed E-state index contributed by atoms with van der Waals surface area (Å²) in [5.41, 5.74) is 6.94. The SMILES string of the molecule is NCc1ncccc1NC(=O)C1CCOC1. The molecule has 2 heterocycles. The molecule has 0 saturated carbocycles. The molecular weight excluding hydrogens is 206 g/mol. The number of pyridine rings is 1. The van der Waals surface area contributed by atoms with E-state index in [-0.39, 0.29) is 11.8 Å². The molecule has 1 unspecified atom stereocenters. The van der Waals surface area contributed by atoms with Crippen LogP contribution in [0, 0.1) is 5.92 Å². The Bertz CT molecular complexity index is 375. The lowest BCUT2D eigenvalue weighted by molar-refractivity contribution is -0.119. The van der Waals surface area contributed by atoms with Gasteiger partial charge in [0.2, 0.25) is 5.91 Å². The molecule has 1 amide bonds. The Kier molecular flexibility index (Phi) is 3.48. The average Bonchev–Trinajstić information content (AvgIpc) is 2.83. The van der Waals surface area contributed by atoms with Gasteiger partial charge in [0, 0.05) is 19.3 Å². The fraction of sp³-hybridized carbons (Fsp3) is 0.455. The Morgan fingerprint density at radius 1 is 1.69 bits per heavy atom. The van der Waals surface area contributed by atoms with E-state index in [4.69, 9.17) is 10.5 Å². The normalized spacial score (nSPS) is 19.7. The summed E-state index contributed by atoms with van der Waals surface area (Å²) in [6.07, 6.45) is 2.45. The molecule has 5 nitrogen and oxygen atoms in total. The van der Waals surface area contributed by atoms with Crippen LogP contribution in [0.4, 0.5) is 5.69 Å². The molecule has 0 bridgehead atoms. The summed E-state index contributed by atoms with van der Waals surface area (Å²) in [4.78, 5) is 15.9. The van der Waals surface area contributed by atoms with Gasteiger partial charge in [-0.1, -0.05) is 0 Å². The Morgan fingerprint density at radius 2 is 2.56 bits per heavy atom. The van der Waals surface area contributed by atoms with E-state index in [1.165, 1.54) is 0 Å². The number of amides is 1. The van der Waals surface area contributed by atoms with Gasteiger partial charge >= 0.3 is 0 Å². The zero-order valence-electron chi connectivity index (χ0n) is 8.98. The standard InChI is InChI=1S/C11H15N3O2/c12-6-10-9(2-1-4-13-10)14-11(15)8-3-5-16-7-8/h1-2,4,8H,3,5-7,12H2,(H,14,15). The van der Waals surface area contributed by atoms with Crippen molar-refractivity contribution in [2.75, 3.05) is 18.5 Å². The minimum absolute atomic E-state index is 0.0137. The number of rotatable bonds is 3. The second-order valence-electron chi connectivity index (χ2n) is 3.75. The van der Waals surface area contributed by atoms with Gasteiger partial charge in [-0.15, -0.1) is 0 Å². The van der Waals surface area contributed by atoms with Gasteiger partial charge in [0.1, 0.15) is 0 Å². The highest BCUT2D eigenvalue weighted by atomic mass is 16.5. The van der Waals surface area contributed by atoms with Gasteiger partial charge in [-0.2, -0.15) is 0 Å². The third kappa shape index (κ3) is 2.37. The zero-order valence-corrected chi connectivity index (χ0v) is 8.98. The Labute approximate surface area is 94.0 Å². The van der Waals surface area contributed by atoms with E-state index in [0.29, 0.717) is 31.1 Å². The largest absolute Gasteiger partial charge is 0.381 e. The van der Waals surface area contributed by atoms with Crippen molar-refractivity contribution >= 4 is 11.6 Å². The number of anilines is 1. The van der Waals surface area contributed by atoms with Crippen LogP contribution in [0.2, 0.25) is 0 Å². The van der Waals surface area contributed by atoms with Crippen molar-refractivity contribution in [1.82, 2.24) is 4.98 Å². The smallest absolute Gasteiger partial charge is 0.229 e. The van der Waals surface area contributed by atoms with Crippen molar-refractivity contribution in [3.8, 4) is 0 Å². The Hall–Kier alpha value is -1.46. The fourth-order valence-electron chi connectivity index (χ4n) is 1.69. The van der Waals surface area contributed by atoms with Crippen molar-refractivity contribution < 1.29 is 9.53 Å². The van der Waals surface area contributed by atoms with E-state index in [1.54, 1.807) is 12.3 Å². The molecule has 1 saturated heterocycles. The van der Waals surface area contributed by atoms with Crippen molar-refractivity contribution in [2.45, 2.75) is 13.0 Å². The molecule has 1 fully saturated rings. The van der Waals surface area contributed by atoms with Gasteiger partial charge in [-0.3, -0.25) is 9.78 Å². The number of nitrogens with one attached hydrogen (secondary N) is 1. The number of carbonyl (C=O) groups is 1. The van der Waals surface area contributed by atoms with E-state index in [1.807, 2.05) is 6.07 Å². The molecule has 1 aliphatic heterocycles. The highest BCUT2D eigenvalue weighted by Crippen LogP contribution is 2.17. The second kappa shape index (κ2) is 5.05. The average molecular weight is 221 g/mol. The van der Waals surface area contributed by atoms with Crippen LogP contribution in [-0.2, 0) is 16.1 Å². The molecule has 0 aliphatic carbocycles. The van der Waals surface area contributed by atoms with Gasteiger partial charge in [0.25, 0.3) is 0 Å². The van der Waals surface area contributed by atoms with Crippen LogP contribution in [-0.4, -0.2) is 24.1 Å². The lowest BCUT2D eigenvalue weighted by Crippen LogP contribution is -2.24. The second-order valence-corrected chi connectivity index (χ2v) is 3.75. The fourth-order valence-corrected chi connectivity index (χ4v) is 1.69. The minimum atomic E-state index is -0.0502. The Morgan fingerprint density at radius 3 is 3.25 bits per heavy atom. The zero-order chi connectivity index (χ0) is 11.4. The summed E-state index contributed by atoms with van der Waals surface area (Å²) >= 11 is 0. The number of nitrogens with zero attached hydrogens (tertiary/aromatic N) is 1. The first-order chi connectivity index (χ1) is 7.81. The molecule has 1 aromatic rings. The quantitative estimate of drug-likeness (QED) is 0.779. The van der Waals surface area contributed by atoms with Gasteiger partial charge in [0.15, 0.2) is 0 Å². The topological polar surface area (TPSA) is 77.2 Å². The maximum Gasteiger partial charge on any atom is 0.229 e. The predicted molar refractivity (Wildman–Crippen MR) is 59.7 cm³/mol. The minimum Gasteiger partial charge on any atom is -0.381 e. The molecule has 0 radical (unpaired) electrons. The number of nitrogens with two attached hydrogens (primary N) is 1. The van der Waals surface area contributed by atoms with E-state index in [9.17, 15) is 4.79 Å². The number of carbonyl (C=O) groups excluding carboxylic acids is 1. The summed E-state index contributed by atoms with van der Waals surface area (Å²) in [5, 5.41) is 2.84. The molecule has 16 heavy (non-hydrogen) atoms. The number of ether oxygens (including phenoxy) is 1.